The zero-order valence-electron chi connectivity index (χ0n) is 20.5. The Kier molecular flexibility index (Phi) is 4.77. The third-order valence-electron chi connectivity index (χ3n) is 8.28. The van der Waals surface area contributed by atoms with Gasteiger partial charge in [-0.2, -0.15) is 0 Å². The smallest absolute Gasteiger partial charge is 0.256 e. The van der Waals surface area contributed by atoms with Crippen LogP contribution in [0.2, 0.25) is 0 Å². The van der Waals surface area contributed by atoms with E-state index >= 15 is 4.39 Å². The van der Waals surface area contributed by atoms with Crippen LogP contribution in [0.4, 0.5) is 4.39 Å². The summed E-state index contributed by atoms with van der Waals surface area (Å²) < 4.78 is 21.2. The number of furan rings is 1. The Balaban J connectivity index is 1.14. The molecule has 1 spiro atoms. The number of likely N-dealkylation sites (tertiary alicyclic amines) is 1. The Labute approximate surface area is 209 Å². The first-order valence-corrected chi connectivity index (χ1v) is 13.0. The number of benzene rings is 2. The van der Waals surface area contributed by atoms with Gasteiger partial charge in [0.25, 0.3) is 5.91 Å². The van der Waals surface area contributed by atoms with Crippen LogP contribution in [0.15, 0.2) is 51.9 Å². The van der Waals surface area contributed by atoms with Gasteiger partial charge in [0.1, 0.15) is 28.5 Å². The van der Waals surface area contributed by atoms with E-state index in [1.165, 1.54) is 0 Å². The summed E-state index contributed by atoms with van der Waals surface area (Å²) in [5.74, 6) is 1.26. The highest BCUT2D eigenvalue weighted by atomic mass is 19.1. The van der Waals surface area contributed by atoms with E-state index in [1.807, 2.05) is 37.3 Å². The average molecular weight is 488 g/mol. The number of aliphatic imine (C=N–C) groups is 1. The van der Waals surface area contributed by atoms with Gasteiger partial charge in [-0.25, -0.2) is 4.39 Å². The van der Waals surface area contributed by atoms with Gasteiger partial charge in [-0.3, -0.25) is 14.7 Å². The van der Waals surface area contributed by atoms with Gasteiger partial charge in [0, 0.05) is 25.0 Å². The summed E-state index contributed by atoms with van der Waals surface area (Å²) in [5, 5.41) is 11.3. The number of hydrogen-bond acceptors (Lipinski definition) is 5. The minimum atomic E-state index is -0.675. The number of amides is 1. The van der Waals surface area contributed by atoms with Crippen LogP contribution >= 0.6 is 0 Å². The molecule has 186 valence electrons. The normalized spacial score (nSPS) is 24.2. The summed E-state index contributed by atoms with van der Waals surface area (Å²) in [4.78, 5) is 22.2. The number of fused-ring (bicyclic) bond motifs is 1. The van der Waals surface area contributed by atoms with E-state index in [0.717, 1.165) is 73.1 Å². The number of β-amino-alcohol motifs (C(OH)–C–C–N with tert-alkyl or cyclic N) is 1. The molecule has 1 saturated heterocycles. The number of aliphatic hydroxyl groups is 1. The van der Waals surface area contributed by atoms with Gasteiger partial charge in [0.2, 0.25) is 0 Å². The first-order chi connectivity index (χ1) is 17.3. The third-order valence-corrected chi connectivity index (χ3v) is 8.28. The number of hydrogen-bond donors (Lipinski definition) is 1. The lowest BCUT2D eigenvalue weighted by atomic mass is 10.0. The molecule has 0 unspecified atom stereocenters. The molecule has 36 heavy (non-hydrogen) atoms. The summed E-state index contributed by atoms with van der Waals surface area (Å²) >= 11 is 0. The van der Waals surface area contributed by atoms with E-state index in [4.69, 9.17) is 9.41 Å². The van der Waals surface area contributed by atoms with Gasteiger partial charge in [0.05, 0.1) is 11.2 Å². The maximum absolute atomic E-state index is 15.6. The van der Waals surface area contributed by atoms with Gasteiger partial charge >= 0.3 is 0 Å². The molecule has 7 rings (SSSR count). The monoisotopic (exact) mass is 487 g/mol. The molecule has 2 aliphatic heterocycles. The fraction of sp³-hybridized carbons (Fsp3) is 0.448. The molecule has 2 aromatic carbocycles. The number of rotatable bonds is 6. The zero-order valence-corrected chi connectivity index (χ0v) is 20.5. The largest absolute Gasteiger partial charge is 0.461 e. The predicted octanol–water partition coefficient (Wildman–Crippen LogP) is 4.52. The second-order valence-electron chi connectivity index (χ2n) is 11.3. The average Bonchev–Trinajstić information content (AvgIpc) is 3.66. The molecule has 1 N–H and O–H groups in total. The fourth-order valence-electron chi connectivity index (χ4n) is 5.89. The lowest BCUT2D eigenvalue weighted by molar-refractivity contribution is -0.128. The van der Waals surface area contributed by atoms with Crippen LogP contribution in [-0.4, -0.2) is 64.0 Å². The van der Waals surface area contributed by atoms with Crippen LogP contribution in [0.5, 0.6) is 0 Å². The van der Waals surface area contributed by atoms with Crippen molar-refractivity contribution < 1.29 is 18.7 Å². The molecular weight excluding hydrogens is 457 g/mol. The molecule has 2 aliphatic carbocycles. The van der Waals surface area contributed by atoms with Crippen LogP contribution < -0.4 is 0 Å². The first-order valence-electron chi connectivity index (χ1n) is 13.0. The minimum absolute atomic E-state index is 0.0148. The molecule has 3 heterocycles. The number of nitrogens with zero attached hydrogens (tertiary/aromatic N) is 3. The second-order valence-corrected chi connectivity index (χ2v) is 11.3. The Morgan fingerprint density at radius 3 is 2.64 bits per heavy atom. The van der Waals surface area contributed by atoms with Crippen molar-refractivity contribution in [3.63, 3.8) is 0 Å². The van der Waals surface area contributed by atoms with Crippen LogP contribution in [-0.2, 0) is 4.79 Å². The van der Waals surface area contributed by atoms with E-state index in [1.54, 1.807) is 17.0 Å². The number of carbonyl (C=O) groups is 1. The van der Waals surface area contributed by atoms with Gasteiger partial charge in [-0.05, 0) is 92.9 Å². The Morgan fingerprint density at radius 2 is 1.89 bits per heavy atom. The molecule has 1 atom stereocenters. The number of halogens is 1. The SMILES string of the molecule is Cc1cc2cc(-c3ccc(C4=NC5(CC5)C(=O)N4C[C@@H]4CCN(CC5(O)CC5)C4)c(F)c3)ccc2o1. The maximum Gasteiger partial charge on any atom is 0.256 e. The lowest BCUT2D eigenvalue weighted by Crippen LogP contribution is -2.41. The predicted molar refractivity (Wildman–Crippen MR) is 135 cm³/mol. The molecule has 0 bridgehead atoms. The van der Waals surface area contributed by atoms with Crippen molar-refractivity contribution in [3.05, 3.63) is 59.6 Å². The topological polar surface area (TPSA) is 69.3 Å². The Hall–Kier alpha value is -3.03. The van der Waals surface area contributed by atoms with Gasteiger partial charge < -0.3 is 14.4 Å². The zero-order chi connectivity index (χ0) is 24.7. The van der Waals surface area contributed by atoms with Crippen molar-refractivity contribution in [2.45, 2.75) is 50.2 Å². The molecule has 3 fully saturated rings. The van der Waals surface area contributed by atoms with Crippen LogP contribution in [0.3, 0.4) is 0 Å². The summed E-state index contributed by atoms with van der Waals surface area (Å²) in [6.45, 7) is 4.95. The standard InChI is InChI=1S/C29H30FN3O3/c1-18-12-22-13-20(3-5-25(22)36-18)21-2-4-23(24(30)14-21)26-31-29(9-10-29)27(34)33(26)16-19-6-11-32(15-19)17-28(35)7-8-28/h2-5,12-14,19,35H,6-11,15-17H2,1H3/t19-/m1/s1. The molecule has 2 saturated carbocycles. The number of carbonyl (C=O) groups excluding carboxylic acids is 1. The van der Waals surface area contributed by atoms with E-state index in [2.05, 4.69) is 4.90 Å². The molecule has 1 aromatic heterocycles. The van der Waals surface area contributed by atoms with Gasteiger partial charge in [-0.1, -0.05) is 12.1 Å². The summed E-state index contributed by atoms with van der Waals surface area (Å²) in [6, 6.07) is 13.0. The molecule has 4 aliphatic rings. The summed E-state index contributed by atoms with van der Waals surface area (Å²) in [7, 11) is 0. The van der Waals surface area contributed by atoms with Crippen molar-refractivity contribution in [2.75, 3.05) is 26.2 Å². The minimum Gasteiger partial charge on any atom is -0.461 e. The van der Waals surface area contributed by atoms with Gasteiger partial charge in [-0.15, -0.1) is 0 Å². The van der Waals surface area contributed by atoms with Crippen molar-refractivity contribution in [2.24, 2.45) is 10.9 Å². The highest BCUT2D eigenvalue weighted by Crippen LogP contribution is 2.46. The number of amidine groups is 1. The lowest BCUT2D eigenvalue weighted by Gasteiger charge is -2.24. The molecule has 6 nitrogen and oxygen atoms in total. The van der Waals surface area contributed by atoms with E-state index in [-0.39, 0.29) is 11.7 Å². The molecule has 3 aromatic rings. The maximum atomic E-state index is 15.6. The Morgan fingerprint density at radius 1 is 1.11 bits per heavy atom. The van der Waals surface area contributed by atoms with Crippen molar-refractivity contribution >= 4 is 22.7 Å². The molecule has 7 heteroatoms. The first kappa shape index (κ1) is 22.2. The summed E-state index contributed by atoms with van der Waals surface area (Å²) in [6.07, 6.45) is 4.20. The highest BCUT2D eigenvalue weighted by molar-refractivity contribution is 6.16. The quantitative estimate of drug-likeness (QED) is 0.555. The fourth-order valence-corrected chi connectivity index (χ4v) is 5.89. The van der Waals surface area contributed by atoms with Crippen molar-refractivity contribution in [3.8, 4) is 11.1 Å². The van der Waals surface area contributed by atoms with Gasteiger partial charge in [0.15, 0.2) is 0 Å². The van der Waals surface area contributed by atoms with E-state index in [9.17, 15) is 9.90 Å². The van der Waals surface area contributed by atoms with Crippen molar-refractivity contribution in [1.82, 2.24) is 9.80 Å². The third kappa shape index (κ3) is 3.76. The van der Waals surface area contributed by atoms with Crippen LogP contribution in [0.25, 0.3) is 22.1 Å². The number of aryl methyl sites for hydroxylation is 1. The molecular formula is C29H30FN3O3. The highest BCUT2D eigenvalue weighted by Gasteiger charge is 2.58. The van der Waals surface area contributed by atoms with Crippen LogP contribution in [0, 0.1) is 18.7 Å². The van der Waals surface area contributed by atoms with Crippen LogP contribution in [0.1, 0.15) is 43.4 Å². The van der Waals surface area contributed by atoms with E-state index in [0.29, 0.717) is 30.4 Å². The second kappa shape index (κ2) is 7.73. The summed E-state index contributed by atoms with van der Waals surface area (Å²) in [5.41, 5.74) is 1.71. The van der Waals surface area contributed by atoms with E-state index < -0.39 is 11.1 Å². The molecule has 0 radical (unpaired) electrons. The van der Waals surface area contributed by atoms with Crippen molar-refractivity contribution in [1.29, 1.82) is 0 Å². The Bertz CT molecular complexity index is 1420. The molecule has 1 amide bonds.